The van der Waals surface area contributed by atoms with Crippen LogP contribution in [0.2, 0.25) is 0 Å². The third-order valence-electron chi connectivity index (χ3n) is 6.95. The fourth-order valence-electron chi connectivity index (χ4n) is 6.59. The van der Waals surface area contributed by atoms with Crippen molar-refractivity contribution >= 4 is 0 Å². The van der Waals surface area contributed by atoms with Crippen molar-refractivity contribution in [1.29, 1.82) is 0 Å². The summed E-state index contributed by atoms with van der Waals surface area (Å²) >= 11 is 0. The number of rotatable bonds is 4. The monoisotopic (exact) mass is 277 g/mol. The van der Waals surface area contributed by atoms with Gasteiger partial charge >= 0.3 is 0 Å². The second-order valence-corrected chi connectivity index (χ2v) is 8.49. The molecule has 20 heavy (non-hydrogen) atoms. The van der Waals surface area contributed by atoms with E-state index in [9.17, 15) is 0 Å². The molecular formula is C18H31NO. The lowest BCUT2D eigenvalue weighted by Gasteiger charge is -2.58. The molecule has 4 bridgehead atoms. The molecule has 114 valence electrons. The molecule has 2 heteroatoms. The molecule has 1 saturated heterocycles. The number of ether oxygens (including phenoxy) is 1. The lowest BCUT2D eigenvalue weighted by Crippen LogP contribution is -2.50. The van der Waals surface area contributed by atoms with Gasteiger partial charge in [0.25, 0.3) is 0 Å². The van der Waals surface area contributed by atoms with E-state index in [-0.39, 0.29) is 0 Å². The zero-order valence-electron chi connectivity index (χ0n) is 13.1. The molecule has 1 heterocycles. The molecule has 5 aliphatic rings. The molecule has 5 rings (SSSR count). The van der Waals surface area contributed by atoms with Crippen LogP contribution in [0.1, 0.15) is 57.8 Å². The van der Waals surface area contributed by atoms with E-state index in [1.165, 1.54) is 19.3 Å². The van der Waals surface area contributed by atoms with E-state index in [1.54, 1.807) is 38.5 Å². The van der Waals surface area contributed by atoms with Gasteiger partial charge in [0, 0.05) is 12.6 Å². The average Bonchev–Trinajstić information content (AvgIpc) is 2.44. The normalized spacial score (nSPS) is 48.5. The third-order valence-corrected chi connectivity index (χ3v) is 6.95. The summed E-state index contributed by atoms with van der Waals surface area (Å²) in [5.74, 6) is 4.02. The van der Waals surface area contributed by atoms with Crippen LogP contribution < -0.4 is 5.32 Å². The smallest absolute Gasteiger partial charge is 0.0509 e. The van der Waals surface area contributed by atoms with Crippen LogP contribution in [0, 0.1) is 29.1 Å². The van der Waals surface area contributed by atoms with E-state index in [0.29, 0.717) is 11.5 Å². The first-order valence-electron chi connectivity index (χ1n) is 9.01. The molecule has 0 radical (unpaired) electrons. The van der Waals surface area contributed by atoms with Crippen molar-refractivity contribution in [2.24, 2.45) is 29.1 Å². The highest BCUT2D eigenvalue weighted by atomic mass is 16.5. The van der Waals surface area contributed by atoms with Crippen molar-refractivity contribution in [3.05, 3.63) is 0 Å². The second kappa shape index (κ2) is 5.28. The van der Waals surface area contributed by atoms with Gasteiger partial charge in [-0.2, -0.15) is 0 Å². The Morgan fingerprint density at radius 1 is 1.10 bits per heavy atom. The first-order chi connectivity index (χ1) is 9.76. The predicted molar refractivity (Wildman–Crippen MR) is 81.6 cm³/mol. The second-order valence-electron chi connectivity index (χ2n) is 8.49. The maximum absolute atomic E-state index is 5.75. The van der Waals surface area contributed by atoms with Crippen LogP contribution in [0.15, 0.2) is 0 Å². The summed E-state index contributed by atoms with van der Waals surface area (Å²) in [4.78, 5) is 0. The molecule has 5 fully saturated rings. The molecule has 0 spiro atoms. The van der Waals surface area contributed by atoms with Crippen LogP contribution in [0.3, 0.4) is 0 Å². The van der Waals surface area contributed by atoms with E-state index in [2.05, 4.69) is 12.4 Å². The molecule has 4 aliphatic carbocycles. The Morgan fingerprint density at radius 2 is 1.75 bits per heavy atom. The quantitative estimate of drug-likeness (QED) is 0.847. The van der Waals surface area contributed by atoms with E-state index >= 15 is 0 Å². The van der Waals surface area contributed by atoms with Gasteiger partial charge in [-0.1, -0.05) is 0 Å². The van der Waals surface area contributed by atoms with Crippen molar-refractivity contribution in [3.63, 3.8) is 0 Å². The van der Waals surface area contributed by atoms with Crippen molar-refractivity contribution in [1.82, 2.24) is 5.32 Å². The topological polar surface area (TPSA) is 21.3 Å². The fraction of sp³-hybridized carbons (Fsp3) is 1.00. The van der Waals surface area contributed by atoms with Crippen molar-refractivity contribution in [2.45, 2.75) is 63.8 Å². The molecule has 0 aromatic carbocycles. The molecule has 2 nitrogen and oxygen atoms in total. The lowest BCUT2D eigenvalue weighted by atomic mass is 9.48. The Hall–Kier alpha value is -0.0800. The Balaban J connectivity index is 1.46. The first-order valence-corrected chi connectivity index (χ1v) is 9.01. The van der Waals surface area contributed by atoms with E-state index < -0.39 is 0 Å². The lowest BCUT2D eigenvalue weighted by molar-refractivity contribution is -0.0694. The highest BCUT2D eigenvalue weighted by Crippen LogP contribution is 2.61. The summed E-state index contributed by atoms with van der Waals surface area (Å²) < 4.78 is 5.75. The van der Waals surface area contributed by atoms with Gasteiger partial charge in [0.15, 0.2) is 0 Å². The Bertz CT molecular complexity index is 312. The van der Waals surface area contributed by atoms with E-state index in [4.69, 9.17) is 4.74 Å². The minimum atomic E-state index is 0.701. The van der Waals surface area contributed by atoms with Crippen molar-refractivity contribution in [2.75, 3.05) is 20.3 Å². The summed E-state index contributed by atoms with van der Waals surface area (Å²) in [5.41, 5.74) is 0.708. The van der Waals surface area contributed by atoms with Gasteiger partial charge in [0.05, 0.1) is 6.61 Å². The van der Waals surface area contributed by atoms with Gasteiger partial charge in [-0.3, -0.25) is 0 Å². The molecule has 4 saturated carbocycles. The summed E-state index contributed by atoms with van der Waals surface area (Å²) in [5, 5.41) is 3.67. The largest absolute Gasteiger partial charge is 0.381 e. The zero-order valence-corrected chi connectivity index (χ0v) is 13.1. The highest BCUT2D eigenvalue weighted by molar-refractivity contribution is 5.03. The summed E-state index contributed by atoms with van der Waals surface area (Å²) in [7, 11) is 2.18. The van der Waals surface area contributed by atoms with Gasteiger partial charge in [0.1, 0.15) is 0 Å². The molecule has 2 atom stereocenters. The van der Waals surface area contributed by atoms with Crippen LogP contribution in [-0.2, 0) is 4.74 Å². The molecular weight excluding hydrogens is 246 g/mol. The van der Waals surface area contributed by atoms with E-state index in [1.807, 2.05) is 0 Å². The molecule has 0 aromatic heterocycles. The Labute approximate surface area is 124 Å². The summed E-state index contributed by atoms with van der Waals surface area (Å²) in [6.07, 6.45) is 13.4. The van der Waals surface area contributed by atoms with Crippen LogP contribution in [0.4, 0.5) is 0 Å². The van der Waals surface area contributed by atoms with Crippen LogP contribution in [0.5, 0.6) is 0 Å². The highest BCUT2D eigenvalue weighted by Gasteiger charge is 2.51. The third kappa shape index (κ3) is 2.43. The fourth-order valence-corrected chi connectivity index (χ4v) is 6.59. The van der Waals surface area contributed by atoms with Crippen LogP contribution in [0.25, 0.3) is 0 Å². The molecule has 1 aliphatic heterocycles. The van der Waals surface area contributed by atoms with E-state index in [0.717, 1.165) is 36.9 Å². The average molecular weight is 277 g/mol. The molecule has 0 amide bonds. The van der Waals surface area contributed by atoms with Crippen LogP contribution >= 0.6 is 0 Å². The molecule has 1 N–H and O–H groups in total. The molecule has 0 aromatic rings. The first kappa shape index (κ1) is 13.6. The Kier molecular flexibility index (Phi) is 3.58. The predicted octanol–water partition coefficient (Wildman–Crippen LogP) is 3.61. The van der Waals surface area contributed by atoms with Gasteiger partial charge in [-0.25, -0.2) is 0 Å². The summed E-state index contributed by atoms with van der Waals surface area (Å²) in [6.45, 7) is 1.99. The van der Waals surface area contributed by atoms with Gasteiger partial charge in [-0.05, 0) is 93.9 Å². The number of nitrogens with one attached hydrogen (secondary N) is 1. The van der Waals surface area contributed by atoms with Crippen molar-refractivity contribution in [3.8, 4) is 0 Å². The zero-order chi connectivity index (χ0) is 13.6. The number of hydrogen-bond acceptors (Lipinski definition) is 2. The minimum Gasteiger partial charge on any atom is -0.381 e. The minimum absolute atomic E-state index is 0.701. The Morgan fingerprint density at radius 3 is 2.25 bits per heavy atom. The standard InChI is InChI=1S/C18H31NO/c1-19-17(16-3-2-4-20-12-16)11-18-8-13-5-14(9-18)7-15(6-13)10-18/h13-17,19H,2-12H2,1H3. The van der Waals surface area contributed by atoms with Gasteiger partial charge < -0.3 is 10.1 Å². The summed E-state index contributed by atoms with van der Waals surface area (Å²) in [6, 6.07) is 0.701. The van der Waals surface area contributed by atoms with Crippen LogP contribution in [-0.4, -0.2) is 26.3 Å². The van der Waals surface area contributed by atoms with Crippen molar-refractivity contribution < 1.29 is 4.74 Å². The van der Waals surface area contributed by atoms with Gasteiger partial charge in [-0.15, -0.1) is 0 Å². The van der Waals surface area contributed by atoms with Gasteiger partial charge in [0.2, 0.25) is 0 Å². The number of hydrogen-bond donors (Lipinski definition) is 1. The molecule has 2 unspecified atom stereocenters. The maximum Gasteiger partial charge on any atom is 0.0509 e. The SMILES string of the molecule is CNC(CC12CC3CC(CC(C3)C1)C2)C1CCCOC1. The maximum atomic E-state index is 5.75.